The number of hydrogen-bond acceptors (Lipinski definition) is 1. The first-order valence-electron chi connectivity index (χ1n) is 8.53. The van der Waals surface area contributed by atoms with Crippen molar-refractivity contribution >= 4 is 15.9 Å². The van der Waals surface area contributed by atoms with Crippen molar-refractivity contribution in [2.24, 2.45) is 0 Å². The Labute approximate surface area is 154 Å². The summed E-state index contributed by atoms with van der Waals surface area (Å²) < 4.78 is 7.02. The Hall–Kier alpha value is -1.54. The fourth-order valence-corrected chi connectivity index (χ4v) is 3.75. The highest BCUT2D eigenvalue weighted by atomic mass is 79.9. The van der Waals surface area contributed by atoms with E-state index in [4.69, 9.17) is 4.74 Å². The molecule has 0 N–H and O–H groups in total. The van der Waals surface area contributed by atoms with Crippen LogP contribution in [0.15, 0.2) is 47.5 Å². The van der Waals surface area contributed by atoms with Gasteiger partial charge in [-0.1, -0.05) is 58.5 Å². The number of benzene rings is 2. The molecule has 0 aliphatic heterocycles. The van der Waals surface area contributed by atoms with Crippen molar-refractivity contribution in [3.8, 4) is 16.9 Å². The number of halogens is 1. The summed E-state index contributed by atoms with van der Waals surface area (Å²) in [6, 6.07) is 11.0. The number of rotatable bonds is 6. The summed E-state index contributed by atoms with van der Waals surface area (Å²) >= 11 is 3.69. The molecule has 0 atom stereocenters. The standard InChI is InChI=1S/C22H27BrO/c1-7-11-24-22-19(12-16(6)13-20(22)23)21-17(14(2)3)9-8-10-18(21)15(4)5/h7-10,12-15H,1,11H2,2-6H3. The van der Waals surface area contributed by atoms with Gasteiger partial charge in [-0.2, -0.15) is 0 Å². The van der Waals surface area contributed by atoms with E-state index >= 15 is 0 Å². The number of aryl methyl sites for hydroxylation is 1. The van der Waals surface area contributed by atoms with Gasteiger partial charge < -0.3 is 4.74 Å². The van der Waals surface area contributed by atoms with Crippen LogP contribution in [0.25, 0.3) is 11.1 Å². The summed E-state index contributed by atoms with van der Waals surface area (Å²) in [6.07, 6.45) is 1.79. The molecule has 0 radical (unpaired) electrons. The van der Waals surface area contributed by atoms with Crippen molar-refractivity contribution in [1.82, 2.24) is 0 Å². The molecule has 0 aromatic heterocycles. The van der Waals surface area contributed by atoms with Crippen molar-refractivity contribution in [3.63, 3.8) is 0 Å². The first kappa shape index (κ1) is 18.8. The van der Waals surface area contributed by atoms with E-state index in [1.165, 1.54) is 22.3 Å². The van der Waals surface area contributed by atoms with Gasteiger partial charge in [-0.05, 0) is 69.1 Å². The first-order valence-corrected chi connectivity index (χ1v) is 9.33. The van der Waals surface area contributed by atoms with Gasteiger partial charge >= 0.3 is 0 Å². The lowest BCUT2D eigenvalue weighted by Gasteiger charge is -2.23. The lowest BCUT2D eigenvalue weighted by atomic mass is 9.84. The Balaban J connectivity index is 2.82. The molecule has 2 aromatic carbocycles. The molecular formula is C22H27BrO. The van der Waals surface area contributed by atoms with E-state index in [0.29, 0.717) is 18.4 Å². The van der Waals surface area contributed by atoms with Crippen LogP contribution in [0.2, 0.25) is 0 Å². The van der Waals surface area contributed by atoms with Crippen LogP contribution in [0.3, 0.4) is 0 Å². The maximum absolute atomic E-state index is 6.03. The number of hydrogen-bond donors (Lipinski definition) is 0. The van der Waals surface area contributed by atoms with Gasteiger partial charge in [0.15, 0.2) is 0 Å². The molecule has 0 unspecified atom stereocenters. The molecule has 0 fully saturated rings. The second-order valence-corrected chi connectivity index (χ2v) is 7.70. The summed E-state index contributed by atoms with van der Waals surface area (Å²) in [4.78, 5) is 0. The highest BCUT2D eigenvalue weighted by Gasteiger charge is 2.20. The molecule has 128 valence electrons. The van der Waals surface area contributed by atoms with Crippen LogP contribution in [0.5, 0.6) is 5.75 Å². The van der Waals surface area contributed by atoms with Gasteiger partial charge in [0.1, 0.15) is 12.4 Å². The van der Waals surface area contributed by atoms with Gasteiger partial charge in [0.2, 0.25) is 0 Å². The molecule has 0 bridgehead atoms. The minimum Gasteiger partial charge on any atom is -0.488 e. The maximum atomic E-state index is 6.03. The third kappa shape index (κ3) is 3.92. The van der Waals surface area contributed by atoms with Crippen molar-refractivity contribution in [2.75, 3.05) is 6.61 Å². The predicted molar refractivity (Wildman–Crippen MR) is 108 cm³/mol. The fraction of sp³-hybridized carbons (Fsp3) is 0.364. The summed E-state index contributed by atoms with van der Waals surface area (Å²) in [5.41, 5.74) is 6.42. The molecular weight excluding hydrogens is 360 g/mol. The average Bonchev–Trinajstić information content (AvgIpc) is 2.52. The molecule has 0 saturated carbocycles. The molecule has 0 heterocycles. The third-order valence-electron chi connectivity index (χ3n) is 4.18. The second-order valence-electron chi connectivity index (χ2n) is 6.84. The van der Waals surface area contributed by atoms with Crippen LogP contribution in [0.1, 0.15) is 56.2 Å². The minimum atomic E-state index is 0.449. The molecule has 0 spiro atoms. The Morgan fingerprint density at radius 3 is 2.17 bits per heavy atom. The molecule has 2 rings (SSSR count). The zero-order valence-corrected chi connectivity index (χ0v) is 16.9. The minimum absolute atomic E-state index is 0.449. The van der Waals surface area contributed by atoms with Crippen LogP contribution in [0, 0.1) is 6.92 Å². The van der Waals surface area contributed by atoms with E-state index in [2.05, 4.69) is 87.5 Å². The second kappa shape index (κ2) is 8.02. The fourth-order valence-electron chi connectivity index (χ4n) is 3.07. The third-order valence-corrected chi connectivity index (χ3v) is 4.76. The van der Waals surface area contributed by atoms with Gasteiger partial charge in [-0.15, -0.1) is 0 Å². The van der Waals surface area contributed by atoms with E-state index in [1.807, 2.05) is 0 Å². The van der Waals surface area contributed by atoms with Gasteiger partial charge in [0.25, 0.3) is 0 Å². The van der Waals surface area contributed by atoms with Crippen LogP contribution in [-0.4, -0.2) is 6.61 Å². The van der Waals surface area contributed by atoms with Gasteiger partial charge in [0, 0.05) is 5.56 Å². The Kier molecular flexibility index (Phi) is 6.28. The predicted octanol–water partition coefficient (Wildman–Crippen LogP) is 7.24. The van der Waals surface area contributed by atoms with Gasteiger partial charge in [-0.25, -0.2) is 0 Å². The lowest BCUT2D eigenvalue weighted by molar-refractivity contribution is 0.362. The van der Waals surface area contributed by atoms with Crippen molar-refractivity contribution in [2.45, 2.75) is 46.5 Å². The van der Waals surface area contributed by atoms with Crippen LogP contribution in [0.4, 0.5) is 0 Å². The number of ether oxygens (including phenoxy) is 1. The Bertz CT molecular complexity index is 703. The van der Waals surface area contributed by atoms with Crippen molar-refractivity contribution in [3.05, 3.63) is 64.1 Å². The topological polar surface area (TPSA) is 9.23 Å². The van der Waals surface area contributed by atoms with Crippen LogP contribution < -0.4 is 4.74 Å². The van der Waals surface area contributed by atoms with E-state index in [-0.39, 0.29) is 0 Å². The quantitative estimate of drug-likeness (QED) is 0.475. The molecule has 0 amide bonds. The highest BCUT2D eigenvalue weighted by molar-refractivity contribution is 9.10. The Morgan fingerprint density at radius 1 is 1.08 bits per heavy atom. The van der Waals surface area contributed by atoms with Crippen molar-refractivity contribution in [1.29, 1.82) is 0 Å². The smallest absolute Gasteiger partial charge is 0.141 e. The summed E-state index contributed by atoms with van der Waals surface area (Å²) in [6.45, 7) is 15.4. The average molecular weight is 387 g/mol. The zero-order valence-electron chi connectivity index (χ0n) is 15.3. The van der Waals surface area contributed by atoms with Crippen LogP contribution >= 0.6 is 15.9 Å². The molecule has 2 aromatic rings. The zero-order chi connectivity index (χ0) is 17.9. The van der Waals surface area contributed by atoms with E-state index in [1.54, 1.807) is 6.08 Å². The van der Waals surface area contributed by atoms with Crippen molar-refractivity contribution < 1.29 is 4.74 Å². The SMILES string of the molecule is C=CCOc1c(Br)cc(C)cc1-c1c(C(C)C)cccc1C(C)C. The first-order chi connectivity index (χ1) is 11.4. The summed E-state index contributed by atoms with van der Waals surface area (Å²) in [5, 5.41) is 0. The summed E-state index contributed by atoms with van der Waals surface area (Å²) in [7, 11) is 0. The molecule has 0 aliphatic carbocycles. The van der Waals surface area contributed by atoms with E-state index in [0.717, 1.165) is 15.8 Å². The lowest BCUT2D eigenvalue weighted by Crippen LogP contribution is -2.03. The molecule has 2 heteroatoms. The largest absolute Gasteiger partial charge is 0.488 e. The molecule has 24 heavy (non-hydrogen) atoms. The summed E-state index contributed by atoms with van der Waals surface area (Å²) in [5.74, 6) is 1.80. The molecule has 0 aliphatic rings. The van der Waals surface area contributed by atoms with Crippen LogP contribution in [-0.2, 0) is 0 Å². The normalized spacial score (nSPS) is 11.2. The van der Waals surface area contributed by atoms with E-state index in [9.17, 15) is 0 Å². The van der Waals surface area contributed by atoms with Gasteiger partial charge in [-0.3, -0.25) is 0 Å². The maximum Gasteiger partial charge on any atom is 0.141 e. The van der Waals surface area contributed by atoms with E-state index < -0.39 is 0 Å². The monoisotopic (exact) mass is 386 g/mol. The van der Waals surface area contributed by atoms with Gasteiger partial charge in [0.05, 0.1) is 4.47 Å². The Morgan fingerprint density at radius 2 is 1.67 bits per heavy atom. The molecule has 0 saturated heterocycles. The molecule has 1 nitrogen and oxygen atoms in total. The highest BCUT2D eigenvalue weighted by Crippen LogP contribution is 2.44.